The third kappa shape index (κ3) is 5.44. The van der Waals surface area contributed by atoms with E-state index in [9.17, 15) is 0 Å². The summed E-state index contributed by atoms with van der Waals surface area (Å²) in [5, 5.41) is 1.22. The first-order valence-electron chi connectivity index (χ1n) is 15.1. The minimum absolute atomic E-state index is 0.827. The Morgan fingerprint density at radius 1 is 0.523 bits per heavy atom. The number of hydrogen-bond acceptors (Lipinski definition) is 0. The van der Waals surface area contributed by atoms with Crippen LogP contribution in [0.4, 0.5) is 0 Å². The largest absolute Gasteiger partial charge is 0.323 e. The Hall–Kier alpha value is -5.66. The number of hydrogen-bond donors (Lipinski definition) is 0. The van der Waals surface area contributed by atoms with E-state index in [1.807, 2.05) is 6.08 Å². The fraction of sp³-hybridized carbons (Fsp3) is 0.0233. The Labute approximate surface area is 259 Å². The Morgan fingerprint density at radius 2 is 1.09 bits per heavy atom. The van der Waals surface area contributed by atoms with Gasteiger partial charge in [-0.25, -0.2) is 0 Å². The van der Waals surface area contributed by atoms with Crippen LogP contribution in [0.25, 0.3) is 67.7 Å². The van der Waals surface area contributed by atoms with Crippen molar-refractivity contribution in [2.45, 2.75) is 6.42 Å². The maximum absolute atomic E-state index is 4.00. The molecule has 0 saturated carbocycles. The molecule has 0 fully saturated rings. The highest BCUT2D eigenvalue weighted by molar-refractivity contribution is 5.98. The molecule has 1 aromatic heterocycles. The summed E-state index contributed by atoms with van der Waals surface area (Å²) >= 11 is 0. The van der Waals surface area contributed by atoms with Crippen molar-refractivity contribution in [3.8, 4) is 44.5 Å². The first-order valence-corrected chi connectivity index (χ1v) is 15.1. The minimum Gasteiger partial charge on any atom is -0.323 e. The van der Waals surface area contributed by atoms with Crippen LogP contribution in [-0.4, -0.2) is 4.57 Å². The molecule has 0 amide bonds. The number of aromatic nitrogens is 1. The van der Waals surface area contributed by atoms with Crippen LogP contribution < -0.4 is 0 Å². The summed E-state index contributed by atoms with van der Waals surface area (Å²) < 4.78 is 2.19. The van der Waals surface area contributed by atoms with Gasteiger partial charge in [0.25, 0.3) is 0 Å². The lowest BCUT2D eigenvalue weighted by Gasteiger charge is -2.19. The topological polar surface area (TPSA) is 4.93 Å². The maximum Gasteiger partial charge on any atom is 0.0528 e. The molecule has 1 nitrogen and oxygen atoms in total. The van der Waals surface area contributed by atoms with Crippen LogP contribution in [-0.2, 0) is 6.42 Å². The fourth-order valence-electron chi connectivity index (χ4n) is 6.12. The lowest BCUT2D eigenvalue weighted by Crippen LogP contribution is -1.94. The van der Waals surface area contributed by atoms with Crippen LogP contribution in [0.2, 0.25) is 0 Å². The summed E-state index contributed by atoms with van der Waals surface area (Å²) in [7, 11) is 0. The van der Waals surface area contributed by atoms with Crippen molar-refractivity contribution in [3.05, 3.63) is 182 Å². The van der Waals surface area contributed by atoms with Crippen molar-refractivity contribution in [1.82, 2.24) is 4.57 Å². The molecule has 0 aliphatic rings. The monoisotopic (exact) mass is 563 g/mol. The minimum atomic E-state index is 0.827. The molecule has 7 rings (SSSR count). The second-order valence-electron chi connectivity index (χ2n) is 11.0. The molecule has 210 valence electrons. The van der Waals surface area contributed by atoms with E-state index in [2.05, 4.69) is 181 Å². The predicted molar refractivity (Wildman–Crippen MR) is 189 cm³/mol. The second-order valence-corrected chi connectivity index (χ2v) is 11.0. The molecule has 44 heavy (non-hydrogen) atoms. The van der Waals surface area contributed by atoms with Gasteiger partial charge in [-0.1, -0.05) is 152 Å². The molecule has 0 bridgehead atoms. The summed E-state index contributed by atoms with van der Waals surface area (Å²) in [6.45, 7) is 4.00. The van der Waals surface area contributed by atoms with Gasteiger partial charge in [-0.2, -0.15) is 0 Å². The van der Waals surface area contributed by atoms with Gasteiger partial charge in [0, 0.05) is 17.8 Å². The summed E-state index contributed by atoms with van der Waals surface area (Å²) in [4.78, 5) is 0. The molecule has 0 unspecified atom stereocenters. The molecule has 0 aliphatic carbocycles. The molecule has 0 spiro atoms. The molecule has 0 radical (unpaired) electrons. The molecule has 0 saturated heterocycles. The zero-order valence-electron chi connectivity index (χ0n) is 24.6. The van der Waals surface area contributed by atoms with E-state index < -0.39 is 0 Å². The summed E-state index contributed by atoms with van der Waals surface area (Å²) in [5.41, 5.74) is 13.4. The van der Waals surface area contributed by atoms with Gasteiger partial charge >= 0.3 is 0 Å². The summed E-state index contributed by atoms with van der Waals surface area (Å²) in [5.74, 6) is 0. The Balaban J connectivity index is 1.34. The number of benzene rings is 6. The summed E-state index contributed by atoms with van der Waals surface area (Å²) in [6.07, 6.45) is 9.31. The second kappa shape index (κ2) is 12.3. The lowest BCUT2D eigenvalue weighted by atomic mass is 9.84. The van der Waals surface area contributed by atoms with Crippen LogP contribution in [0.5, 0.6) is 0 Å². The molecular weight excluding hydrogens is 530 g/mol. The Morgan fingerprint density at radius 3 is 1.73 bits per heavy atom. The average molecular weight is 564 g/mol. The van der Waals surface area contributed by atoms with E-state index in [1.165, 1.54) is 61.0 Å². The van der Waals surface area contributed by atoms with E-state index >= 15 is 0 Å². The van der Waals surface area contributed by atoms with E-state index in [0.29, 0.717) is 0 Å². The average Bonchev–Trinajstić information content (AvgIpc) is 3.46. The van der Waals surface area contributed by atoms with Crippen LogP contribution in [0.1, 0.15) is 11.1 Å². The normalized spacial score (nSPS) is 11.3. The van der Waals surface area contributed by atoms with Gasteiger partial charge in [0.15, 0.2) is 0 Å². The molecule has 6 aromatic carbocycles. The predicted octanol–water partition coefficient (Wildman–Crippen LogP) is 11.7. The molecule has 1 heteroatoms. The van der Waals surface area contributed by atoms with Crippen LogP contribution in [0.3, 0.4) is 0 Å². The van der Waals surface area contributed by atoms with Gasteiger partial charge in [0.2, 0.25) is 0 Å². The van der Waals surface area contributed by atoms with Crippen molar-refractivity contribution >= 4 is 23.2 Å². The lowest BCUT2D eigenvalue weighted by molar-refractivity contribution is 1.19. The third-order valence-corrected chi connectivity index (χ3v) is 8.24. The maximum atomic E-state index is 4.00. The molecule has 0 atom stereocenters. The number of para-hydroxylation sites is 1. The molecule has 7 aromatic rings. The fourth-order valence-corrected chi connectivity index (χ4v) is 6.12. The van der Waals surface area contributed by atoms with Gasteiger partial charge in [-0.15, -0.1) is 0 Å². The molecule has 0 N–H and O–H groups in total. The number of rotatable bonds is 8. The highest BCUT2D eigenvalue weighted by Crippen LogP contribution is 2.43. The quantitative estimate of drug-likeness (QED) is 0.173. The summed E-state index contributed by atoms with van der Waals surface area (Å²) in [6, 6.07) is 54.4. The van der Waals surface area contributed by atoms with Crippen molar-refractivity contribution in [2.24, 2.45) is 0 Å². The van der Waals surface area contributed by atoms with E-state index in [4.69, 9.17) is 0 Å². The van der Waals surface area contributed by atoms with Crippen LogP contribution in [0, 0.1) is 0 Å². The van der Waals surface area contributed by atoms with Crippen LogP contribution >= 0.6 is 0 Å². The first-order chi connectivity index (χ1) is 21.8. The van der Waals surface area contributed by atoms with Crippen molar-refractivity contribution in [3.63, 3.8) is 0 Å². The van der Waals surface area contributed by atoms with Gasteiger partial charge in [-0.05, 0) is 80.3 Å². The zero-order valence-corrected chi connectivity index (χ0v) is 24.6. The van der Waals surface area contributed by atoms with Gasteiger partial charge < -0.3 is 4.57 Å². The molecule has 1 heterocycles. The highest BCUT2D eigenvalue weighted by Gasteiger charge is 2.17. The van der Waals surface area contributed by atoms with Crippen molar-refractivity contribution in [2.75, 3.05) is 0 Å². The highest BCUT2D eigenvalue weighted by atomic mass is 14.9. The number of nitrogens with zero attached hydrogens (tertiary/aromatic N) is 1. The van der Waals surface area contributed by atoms with Gasteiger partial charge in [0.05, 0.1) is 5.52 Å². The first kappa shape index (κ1) is 27.2. The Kier molecular flexibility index (Phi) is 7.60. The van der Waals surface area contributed by atoms with Crippen molar-refractivity contribution in [1.29, 1.82) is 0 Å². The van der Waals surface area contributed by atoms with E-state index in [-0.39, 0.29) is 0 Å². The number of fused-ring (bicyclic) bond motifs is 1. The van der Waals surface area contributed by atoms with E-state index in [0.717, 1.165) is 12.0 Å². The van der Waals surface area contributed by atoms with Gasteiger partial charge in [0.1, 0.15) is 0 Å². The molecule has 0 aliphatic heterocycles. The Bertz CT molecular complexity index is 2020. The van der Waals surface area contributed by atoms with Gasteiger partial charge in [-0.3, -0.25) is 0 Å². The van der Waals surface area contributed by atoms with E-state index in [1.54, 1.807) is 0 Å². The molecular formula is C43H33N. The SMILES string of the molecule is C=Cc1cn(C=CCc2cccc(-c3c(-c4ccccc4)cc(-c4ccccc4)cc3-c3ccccc3)c2)c2ccccc12. The van der Waals surface area contributed by atoms with Crippen molar-refractivity contribution < 1.29 is 0 Å². The standard InChI is InChI=1S/C43H33N/c1-2-33-31-44(42-26-13-12-25-39(33)42)27-15-17-32-16-14-24-37(28-32)43-40(35-20-8-4-9-21-35)29-38(34-18-6-3-7-19-34)30-41(43)36-22-10-5-11-23-36/h2-16,18-31H,1,17H2. The zero-order chi connectivity index (χ0) is 29.7. The number of allylic oxidation sites excluding steroid dienone is 1. The smallest absolute Gasteiger partial charge is 0.0528 e. The van der Waals surface area contributed by atoms with Crippen LogP contribution in [0.15, 0.2) is 171 Å². The third-order valence-electron chi connectivity index (χ3n) is 8.24.